The van der Waals surface area contributed by atoms with E-state index in [4.69, 9.17) is 4.74 Å². The van der Waals surface area contributed by atoms with E-state index in [2.05, 4.69) is 24.8 Å². The van der Waals surface area contributed by atoms with E-state index >= 15 is 0 Å². The van der Waals surface area contributed by atoms with Gasteiger partial charge in [0.15, 0.2) is 0 Å². The first-order chi connectivity index (χ1) is 13.9. The van der Waals surface area contributed by atoms with Crippen LogP contribution in [0.1, 0.15) is 37.8 Å². The summed E-state index contributed by atoms with van der Waals surface area (Å²) in [4.78, 5) is 4.45. The van der Waals surface area contributed by atoms with Gasteiger partial charge in [-0.15, -0.1) is 0 Å². The first-order valence-corrected chi connectivity index (χ1v) is 10.6. The summed E-state index contributed by atoms with van der Waals surface area (Å²) in [6, 6.07) is 13.0. The summed E-state index contributed by atoms with van der Waals surface area (Å²) in [5.74, 6) is 1.32. The van der Waals surface area contributed by atoms with E-state index in [9.17, 15) is 9.50 Å². The number of ether oxygens (including phenoxy) is 1. The highest BCUT2D eigenvalue weighted by Gasteiger charge is 2.35. The summed E-state index contributed by atoms with van der Waals surface area (Å²) in [6.07, 6.45) is 1.16. The van der Waals surface area contributed by atoms with Gasteiger partial charge in [-0.05, 0) is 48.6 Å². The molecule has 0 bridgehead atoms. The van der Waals surface area contributed by atoms with E-state index in [1.807, 2.05) is 29.2 Å². The maximum atomic E-state index is 14.1. The molecule has 156 valence electrons. The number of fused-ring (bicyclic) bond motifs is 1. The highest BCUT2D eigenvalue weighted by Crippen LogP contribution is 2.37. The van der Waals surface area contributed by atoms with Crippen LogP contribution in [0.3, 0.4) is 0 Å². The third-order valence-corrected chi connectivity index (χ3v) is 6.06. The second-order valence-corrected chi connectivity index (χ2v) is 8.77. The molecule has 5 heteroatoms. The van der Waals surface area contributed by atoms with Gasteiger partial charge in [-0.1, -0.05) is 32.0 Å². The van der Waals surface area contributed by atoms with Gasteiger partial charge < -0.3 is 14.7 Å². The zero-order valence-electron chi connectivity index (χ0n) is 17.4. The van der Waals surface area contributed by atoms with E-state index in [1.54, 1.807) is 6.07 Å². The maximum Gasteiger partial charge on any atom is 0.146 e. The molecule has 29 heavy (non-hydrogen) atoms. The number of rotatable bonds is 4. The number of aliphatic hydroxyl groups is 1. The van der Waals surface area contributed by atoms with Crippen molar-refractivity contribution in [1.29, 1.82) is 0 Å². The number of anilines is 1. The van der Waals surface area contributed by atoms with Crippen molar-refractivity contribution < 1.29 is 14.2 Å². The predicted octanol–water partition coefficient (Wildman–Crippen LogP) is 4.16. The molecule has 2 heterocycles. The molecule has 0 aromatic heterocycles. The molecule has 4 nitrogen and oxygen atoms in total. The fraction of sp³-hybridized carbons (Fsp3) is 0.500. The molecule has 2 aliphatic heterocycles. The zero-order chi connectivity index (χ0) is 20.4. The van der Waals surface area contributed by atoms with Gasteiger partial charge in [0, 0.05) is 38.3 Å². The van der Waals surface area contributed by atoms with Crippen LogP contribution < -0.4 is 9.64 Å². The largest absolute Gasteiger partial charge is 0.492 e. The van der Waals surface area contributed by atoms with Crippen molar-refractivity contribution in [3.8, 4) is 5.75 Å². The highest BCUT2D eigenvalue weighted by molar-refractivity contribution is 5.49. The van der Waals surface area contributed by atoms with E-state index in [0.717, 1.165) is 36.5 Å². The lowest BCUT2D eigenvalue weighted by Crippen LogP contribution is -2.43. The predicted molar refractivity (Wildman–Crippen MR) is 114 cm³/mol. The molecule has 4 rings (SSSR count). The van der Waals surface area contributed by atoms with Crippen LogP contribution in [0.15, 0.2) is 42.5 Å². The summed E-state index contributed by atoms with van der Waals surface area (Å²) in [6.45, 7) is 9.22. The van der Waals surface area contributed by atoms with Gasteiger partial charge in [0.1, 0.15) is 18.2 Å². The molecule has 1 fully saturated rings. The Balaban J connectivity index is 1.50. The van der Waals surface area contributed by atoms with Crippen molar-refractivity contribution in [2.45, 2.75) is 38.8 Å². The van der Waals surface area contributed by atoms with Gasteiger partial charge in [0.2, 0.25) is 0 Å². The van der Waals surface area contributed by atoms with Gasteiger partial charge >= 0.3 is 0 Å². The third kappa shape index (κ3) is 4.41. The van der Waals surface area contributed by atoms with E-state index in [-0.39, 0.29) is 5.82 Å². The fourth-order valence-electron chi connectivity index (χ4n) is 4.52. The quantitative estimate of drug-likeness (QED) is 0.839. The summed E-state index contributed by atoms with van der Waals surface area (Å²) in [5.41, 5.74) is 1.82. The molecular formula is C24H31FN2O2. The molecule has 0 aliphatic carbocycles. The zero-order valence-corrected chi connectivity index (χ0v) is 17.4. The van der Waals surface area contributed by atoms with Crippen LogP contribution in [-0.2, 0) is 12.1 Å². The summed E-state index contributed by atoms with van der Waals surface area (Å²) in [7, 11) is 0. The smallest absolute Gasteiger partial charge is 0.146 e. The van der Waals surface area contributed by atoms with E-state index < -0.39 is 5.60 Å². The SMILES string of the molecule is CC(C)CN1CCOc2ccc(C3(O)CCN(c4ccccc4F)CC3)cc2C1. The fourth-order valence-corrected chi connectivity index (χ4v) is 4.52. The number of para-hydroxylation sites is 1. The van der Waals surface area contributed by atoms with E-state index in [1.165, 1.54) is 6.07 Å². The molecular weight excluding hydrogens is 367 g/mol. The molecule has 1 N–H and O–H groups in total. The molecule has 2 aliphatic rings. The minimum absolute atomic E-state index is 0.203. The molecule has 1 saturated heterocycles. The van der Waals surface area contributed by atoms with Crippen LogP contribution in [0.4, 0.5) is 10.1 Å². The number of halogens is 1. The van der Waals surface area contributed by atoms with Crippen LogP contribution in [0.25, 0.3) is 0 Å². The Hall–Kier alpha value is -2.11. The molecule has 0 amide bonds. The Labute approximate surface area is 172 Å². The highest BCUT2D eigenvalue weighted by atomic mass is 19.1. The molecule has 2 aromatic carbocycles. The molecule has 0 atom stereocenters. The average Bonchev–Trinajstić information content (AvgIpc) is 2.89. The normalized spacial score (nSPS) is 19.6. The van der Waals surface area contributed by atoms with Crippen molar-refractivity contribution in [3.63, 3.8) is 0 Å². The van der Waals surface area contributed by atoms with Gasteiger partial charge in [0.25, 0.3) is 0 Å². The average molecular weight is 399 g/mol. The number of benzene rings is 2. The number of hydrogen-bond donors (Lipinski definition) is 1. The molecule has 0 spiro atoms. The lowest BCUT2D eigenvalue weighted by Gasteiger charge is -2.40. The summed E-state index contributed by atoms with van der Waals surface area (Å²) >= 11 is 0. The minimum atomic E-state index is -0.883. The van der Waals surface area contributed by atoms with Gasteiger partial charge in [0.05, 0.1) is 11.3 Å². The second kappa shape index (κ2) is 8.33. The Kier molecular flexibility index (Phi) is 5.79. The second-order valence-electron chi connectivity index (χ2n) is 8.77. The summed E-state index contributed by atoms with van der Waals surface area (Å²) < 4.78 is 20.1. The van der Waals surface area contributed by atoms with Crippen LogP contribution in [0.2, 0.25) is 0 Å². The number of nitrogens with zero attached hydrogens (tertiary/aromatic N) is 2. The lowest BCUT2D eigenvalue weighted by molar-refractivity contribution is 0.0115. The Bertz CT molecular complexity index is 847. The third-order valence-electron chi connectivity index (χ3n) is 6.06. The van der Waals surface area contributed by atoms with Crippen LogP contribution in [0, 0.1) is 11.7 Å². The van der Waals surface area contributed by atoms with Gasteiger partial charge in [-0.25, -0.2) is 4.39 Å². The van der Waals surface area contributed by atoms with Crippen LogP contribution in [-0.4, -0.2) is 42.8 Å². The molecule has 0 unspecified atom stereocenters. The van der Waals surface area contributed by atoms with Crippen molar-refractivity contribution in [3.05, 3.63) is 59.4 Å². The first kappa shape index (κ1) is 20.2. The standard InChI is InChI=1S/C24H31FN2O2/c1-18(2)16-26-13-14-29-23-8-7-20(15-19(23)17-26)24(28)9-11-27(12-10-24)22-6-4-3-5-21(22)25/h3-8,15,18,28H,9-14,16-17H2,1-2H3. The van der Waals surface area contributed by atoms with Crippen LogP contribution >= 0.6 is 0 Å². The van der Waals surface area contributed by atoms with Crippen molar-refractivity contribution in [2.24, 2.45) is 5.92 Å². The lowest BCUT2D eigenvalue weighted by atomic mass is 9.83. The number of hydrogen-bond acceptors (Lipinski definition) is 4. The van der Waals surface area contributed by atoms with Crippen LogP contribution in [0.5, 0.6) is 5.75 Å². The Morgan fingerprint density at radius 3 is 2.59 bits per heavy atom. The molecule has 0 saturated carbocycles. The van der Waals surface area contributed by atoms with E-state index in [0.29, 0.717) is 44.1 Å². The maximum absolute atomic E-state index is 14.1. The Morgan fingerprint density at radius 1 is 1.10 bits per heavy atom. The molecule has 2 aromatic rings. The van der Waals surface area contributed by atoms with Gasteiger partial charge in [-0.2, -0.15) is 0 Å². The van der Waals surface area contributed by atoms with Crippen molar-refractivity contribution in [2.75, 3.05) is 37.7 Å². The van der Waals surface area contributed by atoms with Crippen molar-refractivity contribution >= 4 is 5.69 Å². The topological polar surface area (TPSA) is 35.9 Å². The monoisotopic (exact) mass is 398 g/mol. The van der Waals surface area contributed by atoms with Crippen molar-refractivity contribution in [1.82, 2.24) is 4.90 Å². The minimum Gasteiger partial charge on any atom is -0.492 e. The first-order valence-electron chi connectivity index (χ1n) is 10.6. The number of piperidine rings is 1. The summed E-state index contributed by atoms with van der Waals surface area (Å²) in [5, 5.41) is 11.4. The molecule has 0 radical (unpaired) electrons. The van der Waals surface area contributed by atoms with Gasteiger partial charge in [-0.3, -0.25) is 4.90 Å². The Morgan fingerprint density at radius 2 is 1.86 bits per heavy atom.